The highest BCUT2D eigenvalue weighted by Gasteiger charge is 2.32. The number of aliphatic carboxylic acids is 1. The third-order valence-corrected chi connectivity index (χ3v) is 5.03. The second-order valence-electron chi connectivity index (χ2n) is 5.27. The predicted molar refractivity (Wildman–Crippen MR) is 88.2 cm³/mol. The molecule has 2 rings (SSSR count). The van der Waals surface area contributed by atoms with Crippen molar-refractivity contribution in [1.82, 2.24) is 4.90 Å². The van der Waals surface area contributed by atoms with E-state index in [1.54, 1.807) is 11.8 Å². The van der Waals surface area contributed by atoms with E-state index in [1.165, 1.54) is 11.8 Å². The van der Waals surface area contributed by atoms with Crippen molar-refractivity contribution in [3.8, 4) is 0 Å². The van der Waals surface area contributed by atoms with Crippen molar-refractivity contribution in [1.29, 1.82) is 0 Å². The zero-order valence-electron chi connectivity index (χ0n) is 12.4. The van der Waals surface area contributed by atoms with Crippen molar-refractivity contribution in [3.63, 3.8) is 0 Å². The van der Waals surface area contributed by atoms with Crippen LogP contribution in [0.5, 0.6) is 0 Å². The Morgan fingerprint density at radius 2 is 2.18 bits per heavy atom. The highest BCUT2D eigenvalue weighted by atomic mass is 79.9. The van der Waals surface area contributed by atoms with Gasteiger partial charge in [0.15, 0.2) is 6.10 Å². The van der Waals surface area contributed by atoms with Gasteiger partial charge in [-0.3, -0.25) is 4.79 Å². The lowest BCUT2D eigenvalue weighted by Crippen LogP contribution is -2.52. The number of rotatable bonds is 4. The van der Waals surface area contributed by atoms with Gasteiger partial charge in [0.1, 0.15) is 0 Å². The molecule has 2 atom stereocenters. The predicted octanol–water partition coefficient (Wildman–Crippen LogP) is 2.55. The Morgan fingerprint density at radius 3 is 2.82 bits per heavy atom. The van der Waals surface area contributed by atoms with Gasteiger partial charge in [-0.15, -0.1) is 11.8 Å². The molecule has 1 aliphatic rings. The van der Waals surface area contributed by atoms with E-state index in [1.807, 2.05) is 25.1 Å². The van der Waals surface area contributed by atoms with Crippen LogP contribution < -0.4 is 0 Å². The van der Waals surface area contributed by atoms with Gasteiger partial charge < -0.3 is 14.7 Å². The largest absolute Gasteiger partial charge is 0.479 e. The Labute approximate surface area is 142 Å². The average Bonchev–Trinajstić information content (AvgIpc) is 2.45. The fourth-order valence-corrected chi connectivity index (χ4v) is 3.68. The van der Waals surface area contributed by atoms with Crippen LogP contribution in [0.2, 0.25) is 0 Å². The Balaban J connectivity index is 1.95. The number of carbonyl (C=O) groups is 2. The first-order valence-electron chi connectivity index (χ1n) is 6.92. The third-order valence-electron chi connectivity index (χ3n) is 3.38. The third kappa shape index (κ3) is 4.47. The minimum atomic E-state index is -1.03. The van der Waals surface area contributed by atoms with Gasteiger partial charge in [-0.2, -0.15) is 0 Å². The Bertz CT molecular complexity index is 581. The molecule has 1 aromatic rings. The molecule has 1 N–H and O–H groups in total. The molecule has 0 radical (unpaired) electrons. The smallest absolute Gasteiger partial charge is 0.334 e. The van der Waals surface area contributed by atoms with Crippen molar-refractivity contribution in [3.05, 3.63) is 28.2 Å². The maximum absolute atomic E-state index is 12.3. The summed E-state index contributed by atoms with van der Waals surface area (Å²) < 4.78 is 6.32. The number of hydrogen-bond donors (Lipinski definition) is 1. The van der Waals surface area contributed by atoms with Crippen molar-refractivity contribution < 1.29 is 19.4 Å². The van der Waals surface area contributed by atoms with Gasteiger partial charge in [0.25, 0.3) is 0 Å². The second kappa shape index (κ2) is 7.48. The summed E-state index contributed by atoms with van der Waals surface area (Å²) in [6.07, 6.45) is -1.20. The molecule has 0 aromatic heterocycles. The zero-order valence-corrected chi connectivity index (χ0v) is 14.8. The van der Waals surface area contributed by atoms with Gasteiger partial charge in [0, 0.05) is 15.9 Å². The summed E-state index contributed by atoms with van der Waals surface area (Å²) in [7, 11) is 0. The van der Waals surface area contributed by atoms with Crippen LogP contribution in [0.15, 0.2) is 27.6 Å². The van der Waals surface area contributed by atoms with E-state index in [-0.39, 0.29) is 18.6 Å². The lowest BCUT2D eigenvalue weighted by Gasteiger charge is -2.34. The number of carbonyl (C=O) groups excluding carboxylic acids is 1. The maximum Gasteiger partial charge on any atom is 0.334 e. The standard InChI is InChI=1S/C15H18BrNO4S/c1-9-5-11(16)3-4-13(9)22-8-14(18)17-6-10(2)21-12(7-17)15(19)20/h3-5,10,12H,6-8H2,1-2H3,(H,19,20)/t10-,12?/m1/s1. The Morgan fingerprint density at radius 1 is 1.45 bits per heavy atom. The summed E-state index contributed by atoms with van der Waals surface area (Å²) in [6.45, 7) is 4.32. The van der Waals surface area contributed by atoms with Gasteiger partial charge in [-0.05, 0) is 37.6 Å². The number of aryl methyl sites for hydroxylation is 1. The van der Waals surface area contributed by atoms with Crippen LogP contribution in [-0.2, 0) is 14.3 Å². The molecule has 1 amide bonds. The van der Waals surface area contributed by atoms with E-state index in [4.69, 9.17) is 9.84 Å². The highest BCUT2D eigenvalue weighted by molar-refractivity contribution is 9.10. The van der Waals surface area contributed by atoms with Crippen LogP contribution in [0.25, 0.3) is 0 Å². The van der Waals surface area contributed by atoms with Crippen LogP contribution in [-0.4, -0.2) is 52.9 Å². The van der Waals surface area contributed by atoms with Gasteiger partial charge in [0.05, 0.1) is 18.4 Å². The summed E-state index contributed by atoms with van der Waals surface area (Å²) in [5.74, 6) is -0.795. The van der Waals surface area contributed by atoms with Gasteiger partial charge >= 0.3 is 5.97 Å². The molecule has 0 saturated carbocycles. The number of nitrogens with zero attached hydrogens (tertiary/aromatic N) is 1. The molecule has 22 heavy (non-hydrogen) atoms. The molecule has 7 heteroatoms. The van der Waals surface area contributed by atoms with Crippen LogP contribution >= 0.6 is 27.7 Å². The Hall–Kier alpha value is -1.05. The van der Waals surface area contributed by atoms with Gasteiger partial charge in [0.2, 0.25) is 5.91 Å². The number of thioether (sulfide) groups is 1. The van der Waals surface area contributed by atoms with Crippen molar-refractivity contribution in [2.45, 2.75) is 31.0 Å². The molecule has 0 aliphatic carbocycles. The SMILES string of the molecule is Cc1cc(Br)ccc1SCC(=O)N1CC(C(=O)O)O[C@H](C)C1. The average molecular weight is 388 g/mol. The molecule has 1 aromatic carbocycles. The summed E-state index contributed by atoms with van der Waals surface area (Å²) >= 11 is 4.88. The van der Waals surface area contributed by atoms with E-state index in [0.717, 1.165) is 14.9 Å². The van der Waals surface area contributed by atoms with Crippen LogP contribution in [0.1, 0.15) is 12.5 Å². The van der Waals surface area contributed by atoms with Crippen molar-refractivity contribution >= 4 is 39.6 Å². The molecule has 1 unspecified atom stereocenters. The van der Waals surface area contributed by atoms with E-state index in [9.17, 15) is 9.59 Å². The summed E-state index contributed by atoms with van der Waals surface area (Å²) in [5.41, 5.74) is 1.10. The topological polar surface area (TPSA) is 66.8 Å². The number of halogens is 1. The van der Waals surface area contributed by atoms with Crippen LogP contribution in [0.4, 0.5) is 0 Å². The molecule has 120 valence electrons. The molecule has 0 bridgehead atoms. The molecule has 0 spiro atoms. The van der Waals surface area contributed by atoms with Crippen molar-refractivity contribution in [2.75, 3.05) is 18.8 Å². The first-order valence-corrected chi connectivity index (χ1v) is 8.69. The molecule has 1 saturated heterocycles. The molecule has 1 fully saturated rings. The summed E-state index contributed by atoms with van der Waals surface area (Å²) in [5, 5.41) is 9.05. The number of carboxylic acid groups (broad SMARTS) is 1. The lowest BCUT2D eigenvalue weighted by atomic mass is 10.2. The molecule has 1 aliphatic heterocycles. The first kappa shape index (κ1) is 17.3. The molecule has 5 nitrogen and oxygen atoms in total. The first-order chi connectivity index (χ1) is 10.4. The number of morpholine rings is 1. The van der Waals surface area contributed by atoms with Crippen LogP contribution in [0.3, 0.4) is 0 Å². The minimum Gasteiger partial charge on any atom is -0.479 e. The number of amides is 1. The van der Waals surface area contributed by atoms with E-state index in [0.29, 0.717) is 12.3 Å². The van der Waals surface area contributed by atoms with E-state index < -0.39 is 12.1 Å². The quantitative estimate of drug-likeness (QED) is 0.804. The zero-order chi connectivity index (χ0) is 16.3. The number of benzene rings is 1. The van der Waals surface area contributed by atoms with Crippen LogP contribution in [0, 0.1) is 6.92 Å². The fraction of sp³-hybridized carbons (Fsp3) is 0.467. The fourth-order valence-electron chi connectivity index (χ4n) is 2.30. The minimum absolute atomic E-state index is 0.0614. The molecular formula is C15H18BrNO4S. The number of hydrogen-bond acceptors (Lipinski definition) is 4. The number of ether oxygens (including phenoxy) is 1. The monoisotopic (exact) mass is 387 g/mol. The maximum atomic E-state index is 12.3. The normalized spacial score (nSPS) is 21.7. The summed E-state index contributed by atoms with van der Waals surface area (Å²) in [6, 6.07) is 5.92. The molecule has 1 heterocycles. The van der Waals surface area contributed by atoms with Gasteiger partial charge in [-0.1, -0.05) is 15.9 Å². The molecular weight excluding hydrogens is 370 g/mol. The second-order valence-corrected chi connectivity index (χ2v) is 7.20. The van der Waals surface area contributed by atoms with E-state index in [2.05, 4.69) is 15.9 Å². The van der Waals surface area contributed by atoms with Crippen molar-refractivity contribution in [2.24, 2.45) is 0 Å². The summed E-state index contributed by atoms with van der Waals surface area (Å²) in [4.78, 5) is 26.0. The lowest BCUT2D eigenvalue weighted by molar-refractivity contribution is -0.165. The Kier molecular flexibility index (Phi) is 5.88. The number of carboxylic acids is 1. The van der Waals surface area contributed by atoms with Gasteiger partial charge in [-0.25, -0.2) is 4.79 Å². The highest BCUT2D eigenvalue weighted by Crippen LogP contribution is 2.26. The van der Waals surface area contributed by atoms with E-state index >= 15 is 0 Å².